The smallest absolute Gasteiger partial charge is 0.221 e. The van der Waals surface area contributed by atoms with Crippen LogP contribution in [0.4, 0.5) is 5.82 Å². The number of ether oxygens (including phenoxy) is 2. The van der Waals surface area contributed by atoms with Crippen molar-refractivity contribution in [2.75, 3.05) is 25.6 Å². The van der Waals surface area contributed by atoms with Crippen molar-refractivity contribution in [3.8, 4) is 5.88 Å². The van der Waals surface area contributed by atoms with E-state index in [4.69, 9.17) is 9.47 Å². The summed E-state index contributed by atoms with van der Waals surface area (Å²) in [6.07, 6.45) is 3.19. The molecule has 0 bridgehead atoms. The Bertz CT molecular complexity index is 394. The van der Waals surface area contributed by atoms with Crippen LogP contribution in [0.5, 0.6) is 5.88 Å². The molecule has 0 aromatic carbocycles. The van der Waals surface area contributed by atoms with E-state index in [2.05, 4.69) is 22.2 Å². The van der Waals surface area contributed by atoms with Gasteiger partial charge in [0.05, 0.1) is 17.8 Å². The first-order valence-electron chi connectivity index (χ1n) is 6.79. The summed E-state index contributed by atoms with van der Waals surface area (Å²) in [6, 6.07) is 0. The van der Waals surface area contributed by atoms with Crippen LogP contribution in [0.15, 0.2) is 6.33 Å². The zero-order valence-electron chi connectivity index (χ0n) is 12.6. The van der Waals surface area contributed by atoms with Gasteiger partial charge in [-0.3, -0.25) is 0 Å². The molecule has 5 heteroatoms. The van der Waals surface area contributed by atoms with Gasteiger partial charge in [-0.15, -0.1) is 0 Å². The Morgan fingerprint density at radius 2 is 2.00 bits per heavy atom. The molecule has 0 aliphatic rings. The lowest BCUT2D eigenvalue weighted by Crippen LogP contribution is -2.25. The Labute approximate surface area is 115 Å². The molecule has 0 saturated heterocycles. The molecule has 0 saturated carbocycles. The first-order valence-corrected chi connectivity index (χ1v) is 6.79. The minimum atomic E-state index is -0.177. The summed E-state index contributed by atoms with van der Waals surface area (Å²) >= 11 is 0. The highest BCUT2D eigenvalue weighted by Crippen LogP contribution is 2.23. The molecule has 19 heavy (non-hydrogen) atoms. The summed E-state index contributed by atoms with van der Waals surface area (Å²) in [4.78, 5) is 8.47. The summed E-state index contributed by atoms with van der Waals surface area (Å²) in [6.45, 7) is 9.62. The van der Waals surface area contributed by atoms with Crippen LogP contribution >= 0.6 is 0 Å². The highest BCUT2D eigenvalue weighted by Gasteiger charge is 2.17. The molecule has 0 amide bonds. The minimum absolute atomic E-state index is 0.177. The number of nitrogens with one attached hydrogen (secondary N) is 1. The second-order valence-electron chi connectivity index (χ2n) is 4.95. The van der Waals surface area contributed by atoms with E-state index in [1.54, 1.807) is 7.11 Å². The zero-order chi connectivity index (χ0) is 14.3. The summed E-state index contributed by atoms with van der Waals surface area (Å²) < 4.78 is 11.2. The molecule has 0 fully saturated rings. The standard InChI is InChI=1S/C14H25N3O2/c1-6-11-12(15-7-2)16-10-17-13(11)19-9-8-14(3,4)18-5/h10H,6-9H2,1-5H3,(H,15,16,17). The molecule has 1 rings (SSSR count). The molecule has 0 aliphatic heterocycles. The summed E-state index contributed by atoms with van der Waals surface area (Å²) in [5.41, 5.74) is 0.851. The van der Waals surface area contributed by atoms with Crippen LogP contribution < -0.4 is 10.1 Å². The fourth-order valence-electron chi connectivity index (χ4n) is 1.65. The fourth-order valence-corrected chi connectivity index (χ4v) is 1.65. The fraction of sp³-hybridized carbons (Fsp3) is 0.714. The van der Waals surface area contributed by atoms with Gasteiger partial charge >= 0.3 is 0 Å². The van der Waals surface area contributed by atoms with E-state index in [0.29, 0.717) is 12.5 Å². The van der Waals surface area contributed by atoms with Gasteiger partial charge in [0.2, 0.25) is 5.88 Å². The Morgan fingerprint density at radius 3 is 2.58 bits per heavy atom. The lowest BCUT2D eigenvalue weighted by Gasteiger charge is -2.22. The Morgan fingerprint density at radius 1 is 1.26 bits per heavy atom. The first-order chi connectivity index (χ1) is 9.04. The molecular formula is C14H25N3O2. The van der Waals surface area contributed by atoms with Crippen molar-refractivity contribution in [3.63, 3.8) is 0 Å². The van der Waals surface area contributed by atoms with E-state index in [0.717, 1.165) is 30.8 Å². The van der Waals surface area contributed by atoms with Crippen molar-refractivity contribution in [2.24, 2.45) is 0 Å². The van der Waals surface area contributed by atoms with Crippen molar-refractivity contribution in [2.45, 2.75) is 46.1 Å². The molecule has 1 aromatic heterocycles. The molecule has 0 atom stereocenters. The lowest BCUT2D eigenvalue weighted by molar-refractivity contribution is 0.00500. The number of anilines is 1. The van der Waals surface area contributed by atoms with Gasteiger partial charge < -0.3 is 14.8 Å². The second-order valence-corrected chi connectivity index (χ2v) is 4.95. The van der Waals surface area contributed by atoms with Crippen LogP contribution in [0.2, 0.25) is 0 Å². The van der Waals surface area contributed by atoms with Crippen molar-refractivity contribution in [3.05, 3.63) is 11.9 Å². The van der Waals surface area contributed by atoms with Crippen LogP contribution in [-0.2, 0) is 11.2 Å². The molecule has 0 aliphatic carbocycles. The second kappa shape index (κ2) is 7.28. The third kappa shape index (κ3) is 4.67. The van der Waals surface area contributed by atoms with Crippen LogP contribution in [0.3, 0.4) is 0 Å². The monoisotopic (exact) mass is 267 g/mol. The van der Waals surface area contributed by atoms with Crippen LogP contribution in [0, 0.1) is 0 Å². The average Bonchev–Trinajstić information content (AvgIpc) is 2.39. The summed E-state index contributed by atoms with van der Waals surface area (Å²) in [5, 5.41) is 3.23. The van der Waals surface area contributed by atoms with E-state index in [1.807, 2.05) is 20.8 Å². The highest BCUT2D eigenvalue weighted by molar-refractivity contribution is 5.48. The van der Waals surface area contributed by atoms with E-state index in [-0.39, 0.29) is 5.60 Å². The number of methoxy groups -OCH3 is 1. The zero-order valence-corrected chi connectivity index (χ0v) is 12.6. The maximum absolute atomic E-state index is 5.78. The van der Waals surface area contributed by atoms with Crippen molar-refractivity contribution in [1.29, 1.82) is 0 Å². The topological polar surface area (TPSA) is 56.3 Å². The van der Waals surface area contributed by atoms with Crippen LogP contribution in [-0.4, -0.2) is 35.8 Å². The largest absolute Gasteiger partial charge is 0.477 e. The minimum Gasteiger partial charge on any atom is -0.477 e. The molecule has 0 radical (unpaired) electrons. The number of aromatic nitrogens is 2. The molecule has 0 unspecified atom stereocenters. The highest BCUT2D eigenvalue weighted by atomic mass is 16.5. The van der Waals surface area contributed by atoms with Gasteiger partial charge in [0.25, 0.3) is 0 Å². The molecule has 0 spiro atoms. The van der Waals surface area contributed by atoms with Gasteiger partial charge in [-0.05, 0) is 27.2 Å². The maximum Gasteiger partial charge on any atom is 0.221 e. The van der Waals surface area contributed by atoms with Crippen LogP contribution in [0.1, 0.15) is 39.7 Å². The molecule has 108 valence electrons. The first kappa shape index (κ1) is 15.7. The van der Waals surface area contributed by atoms with E-state index >= 15 is 0 Å². The Hall–Kier alpha value is -1.36. The number of nitrogens with zero attached hydrogens (tertiary/aromatic N) is 2. The Balaban J connectivity index is 2.70. The van der Waals surface area contributed by atoms with E-state index in [1.165, 1.54) is 6.33 Å². The normalized spacial score (nSPS) is 11.4. The van der Waals surface area contributed by atoms with Gasteiger partial charge in [-0.25, -0.2) is 9.97 Å². The predicted molar refractivity (Wildman–Crippen MR) is 76.8 cm³/mol. The van der Waals surface area contributed by atoms with Crippen molar-refractivity contribution < 1.29 is 9.47 Å². The van der Waals surface area contributed by atoms with Gasteiger partial charge in [-0.1, -0.05) is 6.92 Å². The molecular weight excluding hydrogens is 242 g/mol. The summed E-state index contributed by atoms with van der Waals surface area (Å²) in [7, 11) is 1.71. The maximum atomic E-state index is 5.78. The van der Waals surface area contributed by atoms with E-state index < -0.39 is 0 Å². The van der Waals surface area contributed by atoms with Crippen molar-refractivity contribution >= 4 is 5.82 Å². The number of rotatable bonds is 8. The van der Waals surface area contributed by atoms with E-state index in [9.17, 15) is 0 Å². The Kier molecular flexibility index (Phi) is 6.02. The van der Waals surface area contributed by atoms with Gasteiger partial charge in [0.1, 0.15) is 12.1 Å². The van der Waals surface area contributed by atoms with Crippen LogP contribution in [0.25, 0.3) is 0 Å². The van der Waals surface area contributed by atoms with Gasteiger partial charge in [0.15, 0.2) is 0 Å². The number of hydrogen-bond donors (Lipinski definition) is 1. The molecule has 1 heterocycles. The SMILES string of the molecule is CCNc1ncnc(OCCC(C)(C)OC)c1CC. The quantitative estimate of drug-likeness (QED) is 0.784. The van der Waals surface area contributed by atoms with Gasteiger partial charge in [0, 0.05) is 20.1 Å². The number of hydrogen-bond acceptors (Lipinski definition) is 5. The third-order valence-corrected chi connectivity index (χ3v) is 3.10. The molecule has 1 N–H and O–H groups in total. The average molecular weight is 267 g/mol. The lowest BCUT2D eigenvalue weighted by atomic mass is 10.1. The molecule has 1 aromatic rings. The summed E-state index contributed by atoms with van der Waals surface area (Å²) in [5.74, 6) is 1.53. The molecule has 5 nitrogen and oxygen atoms in total. The third-order valence-electron chi connectivity index (χ3n) is 3.10. The van der Waals surface area contributed by atoms with Gasteiger partial charge in [-0.2, -0.15) is 0 Å². The van der Waals surface area contributed by atoms with Crippen molar-refractivity contribution in [1.82, 2.24) is 9.97 Å². The predicted octanol–water partition coefficient (Wildman–Crippen LogP) is 2.66.